The minimum Gasteiger partial charge on any atom is -0.192 e. The van der Waals surface area contributed by atoms with Crippen molar-refractivity contribution in [3.8, 4) is 6.07 Å². The van der Waals surface area contributed by atoms with Gasteiger partial charge in [0.05, 0.1) is 11.6 Å². The summed E-state index contributed by atoms with van der Waals surface area (Å²) in [5.74, 6) is 1.14. The van der Waals surface area contributed by atoms with Crippen molar-refractivity contribution in [2.75, 3.05) is 0 Å². The molecule has 2 aromatic rings. The lowest BCUT2D eigenvalue weighted by Gasteiger charge is -2.03. The van der Waals surface area contributed by atoms with Gasteiger partial charge in [0.25, 0.3) is 0 Å². The Morgan fingerprint density at radius 2 is 1.59 bits per heavy atom. The summed E-state index contributed by atoms with van der Waals surface area (Å²) < 4.78 is 0. The Labute approximate surface area is 101 Å². The Morgan fingerprint density at radius 1 is 0.882 bits per heavy atom. The van der Waals surface area contributed by atoms with Gasteiger partial charge in [-0.25, -0.2) is 0 Å². The van der Waals surface area contributed by atoms with Gasteiger partial charge in [0.15, 0.2) is 0 Å². The molecule has 3 rings (SSSR count). The molecule has 0 aromatic heterocycles. The summed E-state index contributed by atoms with van der Waals surface area (Å²) in [6, 6.07) is 20.8. The third-order valence-corrected chi connectivity index (χ3v) is 3.50. The van der Waals surface area contributed by atoms with Crippen molar-refractivity contribution in [2.45, 2.75) is 18.3 Å². The van der Waals surface area contributed by atoms with Gasteiger partial charge < -0.3 is 0 Å². The van der Waals surface area contributed by atoms with E-state index in [0.717, 1.165) is 5.56 Å². The maximum atomic E-state index is 9.10. The largest absolute Gasteiger partial charge is 0.192 e. The maximum Gasteiger partial charge on any atom is 0.0994 e. The highest BCUT2D eigenvalue weighted by Crippen LogP contribution is 2.55. The maximum absolute atomic E-state index is 9.10. The second-order valence-electron chi connectivity index (χ2n) is 4.56. The number of hydrogen-bond donors (Lipinski definition) is 0. The van der Waals surface area contributed by atoms with Gasteiger partial charge in [-0.2, -0.15) is 5.26 Å². The fraction of sp³-hybridized carbons (Fsp3) is 0.188. The molecule has 0 bridgehead atoms. The van der Waals surface area contributed by atoms with E-state index in [2.05, 4.69) is 36.4 Å². The van der Waals surface area contributed by atoms with E-state index in [1.165, 1.54) is 17.5 Å². The summed E-state index contributed by atoms with van der Waals surface area (Å²) in [6.45, 7) is 0. The van der Waals surface area contributed by atoms with Crippen molar-refractivity contribution in [1.82, 2.24) is 0 Å². The van der Waals surface area contributed by atoms with E-state index in [0.29, 0.717) is 11.8 Å². The van der Waals surface area contributed by atoms with Crippen LogP contribution in [0.1, 0.15) is 34.9 Å². The molecule has 1 saturated carbocycles. The summed E-state index contributed by atoms with van der Waals surface area (Å²) in [5.41, 5.74) is 3.44. The summed E-state index contributed by atoms with van der Waals surface area (Å²) in [7, 11) is 0. The number of rotatable bonds is 2. The highest BCUT2D eigenvalue weighted by atomic mass is 14.4. The van der Waals surface area contributed by atoms with Crippen molar-refractivity contribution < 1.29 is 0 Å². The molecule has 2 unspecified atom stereocenters. The molecule has 17 heavy (non-hydrogen) atoms. The standard InChI is InChI=1S/C16H13N/c17-11-13-8-4-5-9-14(13)16-10-15(16)12-6-2-1-3-7-12/h1-9,15-16H,10H2. The van der Waals surface area contributed by atoms with E-state index in [-0.39, 0.29) is 0 Å². The van der Waals surface area contributed by atoms with Crippen molar-refractivity contribution in [1.29, 1.82) is 5.26 Å². The van der Waals surface area contributed by atoms with Crippen molar-refractivity contribution in [3.63, 3.8) is 0 Å². The number of nitrogens with zero attached hydrogens (tertiary/aromatic N) is 1. The molecule has 0 spiro atoms. The van der Waals surface area contributed by atoms with Crippen molar-refractivity contribution in [2.24, 2.45) is 0 Å². The third kappa shape index (κ3) is 1.83. The molecule has 0 radical (unpaired) electrons. The van der Waals surface area contributed by atoms with Crippen LogP contribution in [0.3, 0.4) is 0 Å². The molecular formula is C16H13N. The first-order chi connectivity index (χ1) is 8.40. The first kappa shape index (κ1) is 10.1. The number of nitriles is 1. The lowest BCUT2D eigenvalue weighted by atomic mass is 10.0. The average Bonchev–Trinajstić information content (AvgIpc) is 3.20. The minimum atomic E-state index is 0.535. The highest BCUT2D eigenvalue weighted by molar-refractivity contribution is 5.45. The lowest BCUT2D eigenvalue weighted by molar-refractivity contribution is 1.02. The molecule has 1 aliphatic rings. The minimum absolute atomic E-state index is 0.535. The average molecular weight is 219 g/mol. The molecule has 1 heteroatoms. The van der Waals surface area contributed by atoms with Crippen LogP contribution in [-0.2, 0) is 0 Å². The quantitative estimate of drug-likeness (QED) is 0.753. The predicted molar refractivity (Wildman–Crippen MR) is 67.7 cm³/mol. The van der Waals surface area contributed by atoms with Gasteiger partial charge in [-0.15, -0.1) is 0 Å². The van der Waals surface area contributed by atoms with Crippen molar-refractivity contribution >= 4 is 0 Å². The van der Waals surface area contributed by atoms with Gasteiger partial charge in [-0.1, -0.05) is 48.5 Å². The normalized spacial score (nSPS) is 21.8. The zero-order chi connectivity index (χ0) is 11.7. The first-order valence-corrected chi connectivity index (χ1v) is 5.94. The Balaban J connectivity index is 1.88. The molecule has 0 saturated heterocycles. The van der Waals surface area contributed by atoms with Gasteiger partial charge in [0, 0.05) is 0 Å². The fourth-order valence-corrected chi connectivity index (χ4v) is 2.53. The third-order valence-electron chi connectivity index (χ3n) is 3.50. The van der Waals surface area contributed by atoms with E-state index in [4.69, 9.17) is 5.26 Å². The van der Waals surface area contributed by atoms with E-state index in [1.807, 2.05) is 24.3 Å². The molecule has 2 aromatic carbocycles. The second-order valence-corrected chi connectivity index (χ2v) is 4.56. The predicted octanol–water partition coefficient (Wildman–Crippen LogP) is 3.83. The molecule has 2 atom stereocenters. The number of hydrogen-bond acceptors (Lipinski definition) is 1. The smallest absolute Gasteiger partial charge is 0.0994 e. The Hall–Kier alpha value is -2.07. The van der Waals surface area contributed by atoms with Gasteiger partial charge in [0.2, 0.25) is 0 Å². The monoisotopic (exact) mass is 219 g/mol. The van der Waals surface area contributed by atoms with Gasteiger partial charge in [-0.3, -0.25) is 0 Å². The summed E-state index contributed by atoms with van der Waals surface area (Å²) >= 11 is 0. The lowest BCUT2D eigenvalue weighted by Crippen LogP contribution is -1.88. The van der Waals surface area contributed by atoms with Crippen LogP contribution in [0.15, 0.2) is 54.6 Å². The van der Waals surface area contributed by atoms with Crippen LogP contribution in [0.5, 0.6) is 0 Å². The summed E-state index contributed by atoms with van der Waals surface area (Å²) in [5, 5.41) is 9.10. The van der Waals surface area contributed by atoms with E-state index >= 15 is 0 Å². The zero-order valence-corrected chi connectivity index (χ0v) is 9.51. The molecule has 0 aliphatic heterocycles. The van der Waals surface area contributed by atoms with E-state index < -0.39 is 0 Å². The Bertz CT molecular complexity index is 566. The highest BCUT2D eigenvalue weighted by Gasteiger charge is 2.40. The molecule has 0 amide bonds. The summed E-state index contributed by atoms with van der Waals surface area (Å²) in [4.78, 5) is 0. The van der Waals surface area contributed by atoms with Crippen LogP contribution in [0.25, 0.3) is 0 Å². The molecule has 0 N–H and O–H groups in total. The van der Waals surface area contributed by atoms with Crippen LogP contribution in [0.2, 0.25) is 0 Å². The SMILES string of the molecule is N#Cc1ccccc1C1CC1c1ccccc1. The summed E-state index contributed by atoms with van der Waals surface area (Å²) in [6.07, 6.45) is 1.17. The molecule has 0 heterocycles. The Morgan fingerprint density at radius 3 is 2.35 bits per heavy atom. The fourth-order valence-electron chi connectivity index (χ4n) is 2.53. The molecular weight excluding hydrogens is 206 g/mol. The van der Waals surface area contributed by atoms with Crippen molar-refractivity contribution in [3.05, 3.63) is 71.3 Å². The first-order valence-electron chi connectivity index (χ1n) is 5.94. The molecule has 1 nitrogen and oxygen atoms in total. The van der Waals surface area contributed by atoms with Crippen LogP contribution in [-0.4, -0.2) is 0 Å². The number of benzene rings is 2. The second kappa shape index (κ2) is 4.07. The van der Waals surface area contributed by atoms with Crippen LogP contribution < -0.4 is 0 Å². The van der Waals surface area contributed by atoms with Gasteiger partial charge in [-0.05, 0) is 35.4 Å². The molecule has 82 valence electrons. The van der Waals surface area contributed by atoms with Crippen LogP contribution in [0, 0.1) is 11.3 Å². The molecule has 1 fully saturated rings. The molecule has 1 aliphatic carbocycles. The van der Waals surface area contributed by atoms with Crippen LogP contribution >= 0.6 is 0 Å². The van der Waals surface area contributed by atoms with E-state index in [1.54, 1.807) is 0 Å². The van der Waals surface area contributed by atoms with E-state index in [9.17, 15) is 0 Å². The van der Waals surface area contributed by atoms with Crippen LogP contribution in [0.4, 0.5) is 0 Å². The van der Waals surface area contributed by atoms with Gasteiger partial charge >= 0.3 is 0 Å². The Kier molecular flexibility index (Phi) is 2.42. The zero-order valence-electron chi connectivity index (χ0n) is 9.51. The topological polar surface area (TPSA) is 23.8 Å². The van der Waals surface area contributed by atoms with Gasteiger partial charge in [0.1, 0.15) is 0 Å².